The van der Waals surface area contributed by atoms with E-state index in [1.807, 2.05) is 4.90 Å². The van der Waals surface area contributed by atoms with Crippen LogP contribution in [0.3, 0.4) is 0 Å². The van der Waals surface area contributed by atoms with Crippen molar-refractivity contribution >= 4 is 23.4 Å². The molecule has 1 fully saturated rings. The number of aryl methyl sites for hydroxylation is 1. The summed E-state index contributed by atoms with van der Waals surface area (Å²) in [5.74, 6) is -0.317. The fourth-order valence-corrected chi connectivity index (χ4v) is 3.47. The lowest BCUT2D eigenvalue weighted by Gasteiger charge is -2.32. The number of halogens is 2. The molecule has 0 bridgehead atoms. The molecule has 3 rings (SSSR count). The van der Waals surface area contributed by atoms with E-state index >= 15 is 0 Å². The number of rotatable bonds is 6. The van der Waals surface area contributed by atoms with Gasteiger partial charge in [0.25, 0.3) is 5.91 Å². The average molecular weight is 393 g/mol. The number of nitrogens with zero attached hydrogens (tertiary/aromatic N) is 2. The van der Waals surface area contributed by atoms with E-state index in [1.54, 1.807) is 12.4 Å². The van der Waals surface area contributed by atoms with Gasteiger partial charge in [0.1, 0.15) is 5.82 Å². The van der Waals surface area contributed by atoms with Gasteiger partial charge in [0.15, 0.2) is 0 Å². The van der Waals surface area contributed by atoms with E-state index in [9.17, 15) is 14.0 Å². The molecule has 1 aromatic heterocycles. The van der Waals surface area contributed by atoms with Gasteiger partial charge in [-0.1, -0.05) is 11.6 Å². The summed E-state index contributed by atoms with van der Waals surface area (Å²) < 4.78 is 13.1. The fraction of sp³-hybridized carbons (Fsp3) is 0.421. The molecule has 0 atom stereocenters. The number of hydrogen-bond donors (Lipinski definition) is 2. The number of aromatic amines is 1. The number of benzene rings is 1. The molecule has 1 saturated heterocycles. The van der Waals surface area contributed by atoms with E-state index in [0.29, 0.717) is 38.4 Å². The number of likely N-dealkylation sites (tertiary alicyclic amines) is 1. The lowest BCUT2D eigenvalue weighted by molar-refractivity contribution is -0.132. The average Bonchev–Trinajstić information content (AvgIpc) is 3.18. The van der Waals surface area contributed by atoms with Gasteiger partial charge in [0, 0.05) is 32.3 Å². The van der Waals surface area contributed by atoms with Crippen LogP contribution in [0.4, 0.5) is 4.39 Å². The minimum Gasteiger partial charge on any atom is -0.352 e. The summed E-state index contributed by atoms with van der Waals surface area (Å²) in [6.45, 7) is 1.91. The molecule has 6 nitrogen and oxygen atoms in total. The summed E-state index contributed by atoms with van der Waals surface area (Å²) in [4.78, 5) is 26.4. The van der Waals surface area contributed by atoms with Crippen LogP contribution < -0.4 is 5.32 Å². The SMILES string of the molecule is O=C(NCC1CCN(C(=O)CCc2cn[nH]c2)CC1)c1ccc(F)cc1Cl. The van der Waals surface area contributed by atoms with E-state index in [-0.39, 0.29) is 22.4 Å². The Hall–Kier alpha value is -2.41. The first kappa shape index (κ1) is 19.4. The van der Waals surface area contributed by atoms with Crippen molar-refractivity contribution < 1.29 is 14.0 Å². The smallest absolute Gasteiger partial charge is 0.252 e. The number of hydrogen-bond acceptors (Lipinski definition) is 3. The molecule has 1 aromatic carbocycles. The molecule has 2 heterocycles. The normalized spacial score (nSPS) is 15.0. The molecule has 0 aliphatic carbocycles. The summed E-state index contributed by atoms with van der Waals surface area (Å²) in [5, 5.41) is 9.58. The Morgan fingerprint density at radius 3 is 2.78 bits per heavy atom. The largest absolute Gasteiger partial charge is 0.352 e. The van der Waals surface area contributed by atoms with Gasteiger partial charge >= 0.3 is 0 Å². The third kappa shape index (κ3) is 5.29. The van der Waals surface area contributed by atoms with Crippen LogP contribution in [0.1, 0.15) is 35.2 Å². The quantitative estimate of drug-likeness (QED) is 0.793. The van der Waals surface area contributed by atoms with Crippen molar-refractivity contribution in [3.05, 3.63) is 52.6 Å². The van der Waals surface area contributed by atoms with Crippen molar-refractivity contribution in [2.75, 3.05) is 19.6 Å². The predicted octanol–water partition coefficient (Wildman–Crippen LogP) is 2.80. The Bertz CT molecular complexity index is 789. The van der Waals surface area contributed by atoms with Crippen LogP contribution in [0.5, 0.6) is 0 Å². The van der Waals surface area contributed by atoms with Crippen LogP contribution in [0.25, 0.3) is 0 Å². The molecule has 2 N–H and O–H groups in total. The van der Waals surface area contributed by atoms with Crippen LogP contribution in [0, 0.1) is 11.7 Å². The Labute approximate surface area is 162 Å². The van der Waals surface area contributed by atoms with Gasteiger partial charge in [-0.3, -0.25) is 14.7 Å². The number of amides is 2. The maximum atomic E-state index is 13.1. The second kappa shape index (κ2) is 8.99. The molecule has 27 heavy (non-hydrogen) atoms. The van der Waals surface area contributed by atoms with Crippen LogP contribution in [0.2, 0.25) is 5.02 Å². The minimum absolute atomic E-state index is 0.102. The number of H-pyrrole nitrogens is 1. The molecule has 0 saturated carbocycles. The highest BCUT2D eigenvalue weighted by Crippen LogP contribution is 2.20. The van der Waals surface area contributed by atoms with Crippen molar-refractivity contribution in [1.29, 1.82) is 0 Å². The second-order valence-corrected chi connectivity index (χ2v) is 7.17. The van der Waals surface area contributed by atoms with Crippen molar-refractivity contribution in [2.24, 2.45) is 5.92 Å². The number of carbonyl (C=O) groups is 2. The standard InChI is InChI=1S/C19H22ClFN4O2/c20-17-9-15(21)2-3-16(17)19(27)22-10-13-5-7-25(8-6-13)18(26)4-1-14-11-23-24-12-14/h2-3,9,11-13H,1,4-8,10H2,(H,22,27)(H,23,24). The minimum atomic E-state index is -0.471. The molecule has 1 aliphatic rings. The van der Waals surface area contributed by atoms with Crippen LogP contribution >= 0.6 is 11.6 Å². The zero-order chi connectivity index (χ0) is 19.2. The van der Waals surface area contributed by atoms with Gasteiger partial charge in [-0.25, -0.2) is 4.39 Å². The molecule has 1 aliphatic heterocycles. The highest BCUT2D eigenvalue weighted by atomic mass is 35.5. The first-order chi connectivity index (χ1) is 13.0. The summed E-state index contributed by atoms with van der Waals surface area (Å²) in [5.41, 5.74) is 1.30. The monoisotopic (exact) mass is 392 g/mol. The zero-order valence-corrected chi connectivity index (χ0v) is 15.6. The topological polar surface area (TPSA) is 78.1 Å². The summed E-state index contributed by atoms with van der Waals surface area (Å²) in [6, 6.07) is 3.73. The van der Waals surface area contributed by atoms with Crippen molar-refractivity contribution in [2.45, 2.75) is 25.7 Å². The summed E-state index contributed by atoms with van der Waals surface area (Å²) >= 11 is 5.92. The van der Waals surface area contributed by atoms with Gasteiger partial charge in [0.2, 0.25) is 5.91 Å². The maximum Gasteiger partial charge on any atom is 0.252 e. The summed E-state index contributed by atoms with van der Waals surface area (Å²) in [6.07, 6.45) is 6.38. The van der Waals surface area contributed by atoms with Crippen LogP contribution in [0.15, 0.2) is 30.6 Å². The Kier molecular flexibility index (Phi) is 6.45. The van der Waals surface area contributed by atoms with Gasteiger partial charge in [-0.15, -0.1) is 0 Å². The predicted molar refractivity (Wildman–Crippen MR) is 100.0 cm³/mol. The number of aromatic nitrogens is 2. The van der Waals surface area contributed by atoms with E-state index in [2.05, 4.69) is 15.5 Å². The Morgan fingerprint density at radius 1 is 1.33 bits per heavy atom. The fourth-order valence-electron chi connectivity index (χ4n) is 3.22. The second-order valence-electron chi connectivity index (χ2n) is 6.76. The van der Waals surface area contributed by atoms with Gasteiger partial charge in [-0.2, -0.15) is 5.10 Å². The third-order valence-corrected chi connectivity index (χ3v) is 5.19. The number of carbonyl (C=O) groups excluding carboxylic acids is 2. The molecule has 2 amide bonds. The lowest BCUT2D eigenvalue weighted by Crippen LogP contribution is -2.41. The molecule has 0 unspecified atom stereocenters. The van der Waals surface area contributed by atoms with E-state index in [0.717, 1.165) is 24.5 Å². The molecular formula is C19H22ClFN4O2. The highest BCUT2D eigenvalue weighted by molar-refractivity contribution is 6.33. The van der Waals surface area contributed by atoms with Crippen LogP contribution in [-0.4, -0.2) is 46.5 Å². The van der Waals surface area contributed by atoms with Gasteiger partial charge in [-0.05, 0) is 48.9 Å². The van der Waals surface area contributed by atoms with E-state index in [4.69, 9.17) is 11.6 Å². The summed E-state index contributed by atoms with van der Waals surface area (Å²) in [7, 11) is 0. The molecule has 8 heteroatoms. The molecule has 0 spiro atoms. The zero-order valence-electron chi connectivity index (χ0n) is 14.9. The van der Waals surface area contributed by atoms with E-state index in [1.165, 1.54) is 12.1 Å². The molecular weight excluding hydrogens is 371 g/mol. The lowest BCUT2D eigenvalue weighted by atomic mass is 9.96. The highest BCUT2D eigenvalue weighted by Gasteiger charge is 2.23. The van der Waals surface area contributed by atoms with Crippen molar-refractivity contribution in [3.8, 4) is 0 Å². The van der Waals surface area contributed by atoms with E-state index < -0.39 is 5.82 Å². The van der Waals surface area contributed by atoms with Crippen molar-refractivity contribution in [1.82, 2.24) is 20.4 Å². The van der Waals surface area contributed by atoms with Gasteiger partial charge in [0.05, 0.1) is 16.8 Å². The maximum absolute atomic E-state index is 13.1. The number of nitrogens with one attached hydrogen (secondary N) is 2. The molecule has 144 valence electrons. The van der Waals surface area contributed by atoms with Crippen molar-refractivity contribution in [3.63, 3.8) is 0 Å². The Morgan fingerprint density at radius 2 is 2.11 bits per heavy atom. The Balaban J connectivity index is 1.40. The third-order valence-electron chi connectivity index (χ3n) is 4.88. The first-order valence-corrected chi connectivity index (χ1v) is 9.39. The number of piperidine rings is 1. The molecule has 2 aromatic rings. The first-order valence-electron chi connectivity index (χ1n) is 9.01. The molecule has 0 radical (unpaired) electrons. The van der Waals surface area contributed by atoms with Crippen LogP contribution in [-0.2, 0) is 11.2 Å². The van der Waals surface area contributed by atoms with Gasteiger partial charge < -0.3 is 10.2 Å².